The number of hydrogen-bond acceptors (Lipinski definition) is 5. The van der Waals surface area contributed by atoms with Crippen LogP contribution in [0.2, 0.25) is 0 Å². The quantitative estimate of drug-likeness (QED) is 0.398. The first-order valence-corrected chi connectivity index (χ1v) is 4.17. The van der Waals surface area contributed by atoms with E-state index in [9.17, 15) is 9.59 Å². The number of rotatable bonds is 4. The molecule has 7 heteroatoms. The van der Waals surface area contributed by atoms with E-state index in [1.807, 2.05) is 0 Å². The van der Waals surface area contributed by atoms with Crippen LogP contribution in [0, 0.1) is 0 Å². The molecule has 15 heavy (non-hydrogen) atoms. The monoisotopic (exact) mass is 224 g/mol. The van der Waals surface area contributed by atoms with Gasteiger partial charge in [-0.3, -0.25) is 4.79 Å². The third-order valence-corrected chi connectivity index (χ3v) is 1.18. The molecule has 7 nitrogen and oxygen atoms in total. The average Bonchev–Trinajstić information content (AvgIpc) is 2.00. The molecule has 90 valence electrons. The third-order valence-electron chi connectivity index (χ3n) is 1.18. The highest BCUT2D eigenvalue weighted by Crippen LogP contribution is 1.89. The van der Waals surface area contributed by atoms with Crippen LogP contribution in [-0.4, -0.2) is 55.8 Å². The zero-order chi connectivity index (χ0) is 12.6. The zero-order valence-electron chi connectivity index (χ0n) is 8.49. The van der Waals surface area contributed by atoms with Crippen LogP contribution in [0.1, 0.15) is 20.3 Å². The molecule has 0 aliphatic rings. The van der Waals surface area contributed by atoms with Crippen LogP contribution in [0.3, 0.4) is 0 Å². The Morgan fingerprint density at radius 2 is 1.47 bits per heavy atom. The van der Waals surface area contributed by atoms with Crippen molar-refractivity contribution in [2.75, 3.05) is 0 Å². The second-order valence-electron chi connectivity index (χ2n) is 2.97. The fraction of sp³-hybridized carbons (Fsp3) is 0.750. The zero-order valence-corrected chi connectivity index (χ0v) is 8.49. The number of hydrogen-bond donors (Lipinski definition) is 5. The lowest BCUT2D eigenvalue weighted by Crippen LogP contribution is -2.30. The summed E-state index contributed by atoms with van der Waals surface area (Å²) in [6.45, 7) is 2.65. The lowest BCUT2D eigenvalue weighted by atomic mass is 10.2. The lowest BCUT2D eigenvalue weighted by Gasteiger charge is -2.05. The van der Waals surface area contributed by atoms with Crippen LogP contribution < -0.4 is 0 Å². The fourth-order valence-electron chi connectivity index (χ4n) is 0.459. The molecule has 3 unspecified atom stereocenters. The van der Waals surface area contributed by atoms with Gasteiger partial charge >= 0.3 is 11.9 Å². The molecule has 0 aromatic rings. The summed E-state index contributed by atoms with van der Waals surface area (Å²) < 4.78 is 0. The van der Waals surface area contributed by atoms with Gasteiger partial charge < -0.3 is 25.5 Å². The number of aliphatic hydroxyl groups is 3. The molecule has 0 bridgehead atoms. The summed E-state index contributed by atoms with van der Waals surface area (Å²) in [4.78, 5) is 19.4. The van der Waals surface area contributed by atoms with Gasteiger partial charge in [0.05, 0.1) is 18.6 Å². The van der Waals surface area contributed by atoms with Crippen LogP contribution in [0.25, 0.3) is 0 Å². The van der Waals surface area contributed by atoms with Crippen LogP contribution in [-0.2, 0) is 9.59 Å². The Labute approximate surface area is 86.6 Å². The Kier molecular flexibility index (Phi) is 8.84. The molecule has 5 N–H and O–H groups in total. The Morgan fingerprint density at radius 1 is 1.07 bits per heavy atom. The summed E-state index contributed by atoms with van der Waals surface area (Å²) in [5.41, 5.74) is 0. The van der Waals surface area contributed by atoms with E-state index in [-0.39, 0.29) is 6.42 Å². The minimum absolute atomic E-state index is 0.167. The van der Waals surface area contributed by atoms with E-state index in [4.69, 9.17) is 25.5 Å². The molecule has 0 aromatic carbocycles. The van der Waals surface area contributed by atoms with Gasteiger partial charge in [0.1, 0.15) is 0 Å². The summed E-state index contributed by atoms with van der Waals surface area (Å²) >= 11 is 0. The molecular weight excluding hydrogens is 208 g/mol. The number of carboxylic acids is 2. The first-order valence-electron chi connectivity index (χ1n) is 4.17. The smallest absolute Gasteiger partial charge is 0.335 e. The predicted molar refractivity (Wildman–Crippen MR) is 49.3 cm³/mol. The van der Waals surface area contributed by atoms with Gasteiger partial charge in [-0.2, -0.15) is 0 Å². The van der Waals surface area contributed by atoms with E-state index in [2.05, 4.69) is 0 Å². The van der Waals surface area contributed by atoms with Crippen molar-refractivity contribution in [3.05, 3.63) is 0 Å². The second kappa shape index (κ2) is 8.16. The fourth-order valence-corrected chi connectivity index (χ4v) is 0.459. The minimum Gasteiger partial charge on any atom is -0.481 e. The third kappa shape index (κ3) is 12.8. The van der Waals surface area contributed by atoms with Gasteiger partial charge in [0.15, 0.2) is 6.10 Å². The van der Waals surface area contributed by atoms with E-state index in [1.54, 1.807) is 0 Å². The summed E-state index contributed by atoms with van der Waals surface area (Å²) in [5, 5.41) is 40.9. The number of aliphatic carboxylic acids is 2. The van der Waals surface area contributed by atoms with Crippen molar-refractivity contribution in [2.45, 2.75) is 38.6 Å². The van der Waals surface area contributed by atoms with E-state index in [0.717, 1.165) is 0 Å². The molecule has 0 spiro atoms. The maximum absolute atomic E-state index is 9.73. The number of aliphatic hydroxyl groups excluding tert-OH is 3. The van der Waals surface area contributed by atoms with Gasteiger partial charge in [-0.25, -0.2) is 4.79 Å². The highest BCUT2D eigenvalue weighted by molar-refractivity contribution is 5.72. The molecule has 0 saturated heterocycles. The standard InChI is InChI=1S/C4H8O4.C4H8O3/c1-2(5)3(6)4(7)8;1-3(5)2-4(6)7/h2-3,5-6H,1H3,(H,7,8);3,5H,2H2,1H3,(H,6,7). The van der Waals surface area contributed by atoms with Gasteiger partial charge in [-0.05, 0) is 13.8 Å². The topological polar surface area (TPSA) is 135 Å². The largest absolute Gasteiger partial charge is 0.481 e. The molecule has 0 aromatic heterocycles. The second-order valence-corrected chi connectivity index (χ2v) is 2.97. The summed E-state index contributed by atoms with van der Waals surface area (Å²) in [5.74, 6) is -2.37. The maximum atomic E-state index is 9.73. The SMILES string of the molecule is CC(O)C(O)C(=O)O.CC(O)CC(=O)O. The summed E-state index contributed by atoms with van der Waals surface area (Å²) in [6.07, 6.45) is -3.75. The normalized spacial score (nSPS) is 15.5. The molecule has 3 atom stereocenters. The van der Waals surface area contributed by atoms with Crippen molar-refractivity contribution < 1.29 is 35.1 Å². The molecule has 0 rings (SSSR count). The molecule has 0 fully saturated rings. The molecule has 0 amide bonds. The van der Waals surface area contributed by atoms with Gasteiger partial charge in [-0.1, -0.05) is 0 Å². The number of carboxylic acid groups (broad SMARTS) is 2. The van der Waals surface area contributed by atoms with E-state index < -0.39 is 30.3 Å². The van der Waals surface area contributed by atoms with Crippen LogP contribution in [0.4, 0.5) is 0 Å². The average molecular weight is 224 g/mol. The highest BCUT2D eigenvalue weighted by Gasteiger charge is 2.18. The van der Waals surface area contributed by atoms with Crippen LogP contribution >= 0.6 is 0 Å². The Balaban J connectivity index is 0. The van der Waals surface area contributed by atoms with Crippen molar-refractivity contribution in [2.24, 2.45) is 0 Å². The number of carbonyl (C=O) groups is 2. The van der Waals surface area contributed by atoms with E-state index in [0.29, 0.717) is 0 Å². The molecule has 0 saturated carbocycles. The van der Waals surface area contributed by atoms with Crippen molar-refractivity contribution in [3.8, 4) is 0 Å². The lowest BCUT2D eigenvalue weighted by molar-refractivity contribution is -0.152. The van der Waals surface area contributed by atoms with Crippen molar-refractivity contribution in [1.29, 1.82) is 0 Å². The Morgan fingerprint density at radius 3 is 1.47 bits per heavy atom. The van der Waals surface area contributed by atoms with E-state index >= 15 is 0 Å². The van der Waals surface area contributed by atoms with Crippen molar-refractivity contribution in [1.82, 2.24) is 0 Å². The first kappa shape index (κ1) is 16.3. The summed E-state index contributed by atoms with van der Waals surface area (Å²) in [6, 6.07) is 0. The molecule has 0 aliphatic heterocycles. The molecule has 0 aliphatic carbocycles. The minimum atomic E-state index is -1.66. The molecule has 0 heterocycles. The van der Waals surface area contributed by atoms with Gasteiger partial charge in [-0.15, -0.1) is 0 Å². The van der Waals surface area contributed by atoms with E-state index in [1.165, 1.54) is 13.8 Å². The van der Waals surface area contributed by atoms with Gasteiger partial charge in [0.25, 0.3) is 0 Å². The van der Waals surface area contributed by atoms with Crippen molar-refractivity contribution in [3.63, 3.8) is 0 Å². The van der Waals surface area contributed by atoms with Gasteiger partial charge in [0.2, 0.25) is 0 Å². The maximum Gasteiger partial charge on any atom is 0.335 e. The predicted octanol–water partition coefficient (Wildman–Crippen LogP) is -1.35. The van der Waals surface area contributed by atoms with Gasteiger partial charge in [0, 0.05) is 0 Å². The van der Waals surface area contributed by atoms with Crippen molar-refractivity contribution >= 4 is 11.9 Å². The first-order chi connectivity index (χ1) is 6.68. The van der Waals surface area contributed by atoms with Crippen LogP contribution in [0.15, 0.2) is 0 Å². The molecular formula is C8H16O7. The Bertz CT molecular complexity index is 199. The summed E-state index contributed by atoms with van der Waals surface area (Å²) in [7, 11) is 0. The highest BCUT2D eigenvalue weighted by atomic mass is 16.4. The Hall–Kier alpha value is -1.18. The molecule has 0 radical (unpaired) electrons. The van der Waals surface area contributed by atoms with Crippen LogP contribution in [0.5, 0.6) is 0 Å².